The number of thiazole rings is 1. The molecule has 3 nitrogen and oxygen atoms in total. The fraction of sp³-hybridized carbons (Fsp3) is 0.667. The van der Waals surface area contributed by atoms with Crippen molar-refractivity contribution >= 4 is 11.3 Å². The molecular weight excluding hydrogens is 184 g/mol. The molecule has 13 heavy (non-hydrogen) atoms. The molecule has 0 bridgehead atoms. The van der Waals surface area contributed by atoms with Crippen molar-refractivity contribution in [3.63, 3.8) is 0 Å². The molecule has 2 atom stereocenters. The van der Waals surface area contributed by atoms with Crippen LogP contribution in [0.3, 0.4) is 0 Å². The third-order valence-electron chi connectivity index (χ3n) is 2.44. The van der Waals surface area contributed by atoms with Crippen molar-refractivity contribution in [3.8, 4) is 0 Å². The summed E-state index contributed by atoms with van der Waals surface area (Å²) in [6.07, 6.45) is 3.20. The van der Waals surface area contributed by atoms with Crippen molar-refractivity contribution in [2.24, 2.45) is 11.7 Å². The maximum atomic E-state index is 5.67. The Bertz CT molecular complexity index is 287. The largest absolute Gasteiger partial charge is 0.372 e. The van der Waals surface area contributed by atoms with E-state index in [1.54, 1.807) is 11.3 Å². The lowest BCUT2D eigenvalue weighted by atomic mass is 10.0. The quantitative estimate of drug-likeness (QED) is 0.783. The van der Waals surface area contributed by atoms with Gasteiger partial charge in [-0.25, -0.2) is 4.98 Å². The molecular formula is C9H14N2OS. The van der Waals surface area contributed by atoms with E-state index in [2.05, 4.69) is 4.98 Å². The fourth-order valence-corrected chi connectivity index (χ4v) is 2.63. The monoisotopic (exact) mass is 198 g/mol. The minimum absolute atomic E-state index is 0.205. The van der Waals surface area contributed by atoms with E-state index in [1.807, 2.05) is 13.1 Å². The molecule has 2 unspecified atom stereocenters. The van der Waals surface area contributed by atoms with Crippen LogP contribution in [0.5, 0.6) is 0 Å². The number of rotatable bonds is 2. The molecule has 1 aliphatic rings. The highest BCUT2D eigenvalue weighted by atomic mass is 32.1. The molecule has 0 spiro atoms. The van der Waals surface area contributed by atoms with Gasteiger partial charge in [-0.05, 0) is 19.9 Å². The number of nitrogens with zero attached hydrogens (tertiary/aromatic N) is 1. The Kier molecular flexibility index (Phi) is 2.62. The summed E-state index contributed by atoms with van der Waals surface area (Å²) in [6.45, 7) is 3.56. The Labute approximate surface area is 81.9 Å². The first-order valence-electron chi connectivity index (χ1n) is 4.55. The van der Waals surface area contributed by atoms with Crippen LogP contribution >= 0.6 is 11.3 Å². The van der Waals surface area contributed by atoms with Crippen LogP contribution in [0, 0.1) is 12.8 Å². The van der Waals surface area contributed by atoms with E-state index in [0.29, 0.717) is 12.5 Å². The molecule has 0 aliphatic carbocycles. The van der Waals surface area contributed by atoms with Gasteiger partial charge in [0.25, 0.3) is 0 Å². The minimum Gasteiger partial charge on any atom is -0.372 e. The minimum atomic E-state index is 0.205. The van der Waals surface area contributed by atoms with Crippen LogP contribution in [0.1, 0.15) is 22.4 Å². The van der Waals surface area contributed by atoms with Crippen LogP contribution in [0.2, 0.25) is 0 Å². The first kappa shape index (κ1) is 9.12. The summed E-state index contributed by atoms with van der Waals surface area (Å²) in [5, 5.41) is 1.10. The molecule has 0 radical (unpaired) electrons. The molecule has 0 amide bonds. The highest BCUT2D eigenvalue weighted by Crippen LogP contribution is 2.36. The number of hydrogen-bond donors (Lipinski definition) is 1. The zero-order valence-electron chi connectivity index (χ0n) is 7.69. The third kappa shape index (κ3) is 1.75. The van der Waals surface area contributed by atoms with Crippen molar-refractivity contribution < 1.29 is 4.74 Å². The highest BCUT2D eigenvalue weighted by Gasteiger charge is 2.29. The van der Waals surface area contributed by atoms with E-state index in [0.717, 1.165) is 18.0 Å². The molecule has 1 aliphatic heterocycles. The van der Waals surface area contributed by atoms with Gasteiger partial charge in [-0.1, -0.05) is 0 Å². The maximum absolute atomic E-state index is 5.67. The molecule has 2 N–H and O–H groups in total. The Morgan fingerprint density at radius 2 is 2.62 bits per heavy atom. The summed E-state index contributed by atoms with van der Waals surface area (Å²) in [5.74, 6) is 0.486. The molecule has 2 heterocycles. The topological polar surface area (TPSA) is 48.1 Å². The van der Waals surface area contributed by atoms with Crippen LogP contribution in [-0.4, -0.2) is 18.1 Å². The maximum Gasteiger partial charge on any atom is 0.0973 e. The van der Waals surface area contributed by atoms with Gasteiger partial charge in [0.2, 0.25) is 0 Å². The lowest BCUT2D eigenvalue weighted by molar-refractivity contribution is 0.0951. The van der Waals surface area contributed by atoms with E-state index in [4.69, 9.17) is 10.5 Å². The molecule has 1 aromatic rings. The van der Waals surface area contributed by atoms with Crippen LogP contribution < -0.4 is 5.73 Å². The lowest BCUT2D eigenvalue weighted by Crippen LogP contribution is -2.17. The predicted molar refractivity (Wildman–Crippen MR) is 52.7 cm³/mol. The van der Waals surface area contributed by atoms with Gasteiger partial charge in [0.1, 0.15) is 0 Å². The van der Waals surface area contributed by atoms with E-state index in [1.165, 1.54) is 4.88 Å². The molecule has 1 saturated heterocycles. The number of ether oxygens (including phenoxy) is 1. The van der Waals surface area contributed by atoms with E-state index >= 15 is 0 Å². The van der Waals surface area contributed by atoms with Gasteiger partial charge in [-0.3, -0.25) is 0 Å². The Hall–Kier alpha value is -0.450. The van der Waals surface area contributed by atoms with Crippen LogP contribution in [0.15, 0.2) is 6.20 Å². The third-order valence-corrected chi connectivity index (χ3v) is 3.41. The van der Waals surface area contributed by atoms with Gasteiger partial charge in [0, 0.05) is 18.7 Å². The molecule has 1 fully saturated rings. The normalized spacial score (nSPS) is 28.2. The zero-order valence-corrected chi connectivity index (χ0v) is 8.51. The van der Waals surface area contributed by atoms with Gasteiger partial charge in [-0.2, -0.15) is 0 Å². The SMILES string of the molecule is Cc1ncc(C2OCCC2CN)s1. The van der Waals surface area contributed by atoms with Gasteiger partial charge < -0.3 is 10.5 Å². The van der Waals surface area contributed by atoms with Gasteiger partial charge >= 0.3 is 0 Å². The van der Waals surface area contributed by atoms with Crippen LogP contribution in [-0.2, 0) is 4.74 Å². The summed E-state index contributed by atoms with van der Waals surface area (Å²) in [7, 11) is 0. The number of aromatic nitrogens is 1. The van der Waals surface area contributed by atoms with Gasteiger partial charge in [0.05, 0.1) is 16.0 Å². The Balaban J connectivity index is 2.15. The summed E-state index contributed by atoms with van der Waals surface area (Å²) in [6, 6.07) is 0. The second-order valence-corrected chi connectivity index (χ2v) is 4.62. The summed E-state index contributed by atoms with van der Waals surface area (Å²) in [5.41, 5.74) is 5.67. The molecule has 0 aromatic carbocycles. The lowest BCUT2D eigenvalue weighted by Gasteiger charge is -2.13. The van der Waals surface area contributed by atoms with Crippen molar-refractivity contribution in [2.75, 3.05) is 13.2 Å². The molecule has 2 rings (SSSR count). The fourth-order valence-electron chi connectivity index (χ4n) is 1.70. The van der Waals surface area contributed by atoms with Gasteiger partial charge in [0.15, 0.2) is 0 Å². The predicted octanol–water partition coefficient (Wildman–Crippen LogP) is 1.49. The molecule has 0 saturated carbocycles. The Morgan fingerprint density at radius 1 is 1.77 bits per heavy atom. The molecule has 4 heteroatoms. The van der Waals surface area contributed by atoms with E-state index in [-0.39, 0.29) is 6.10 Å². The average Bonchev–Trinajstić information content (AvgIpc) is 2.71. The second kappa shape index (κ2) is 3.74. The van der Waals surface area contributed by atoms with Crippen molar-refractivity contribution in [1.82, 2.24) is 4.98 Å². The number of hydrogen-bond acceptors (Lipinski definition) is 4. The standard InChI is InChI=1S/C9H14N2OS/c1-6-11-5-8(13-6)9-7(4-10)2-3-12-9/h5,7,9H,2-4,10H2,1H3. The molecule has 1 aromatic heterocycles. The zero-order chi connectivity index (χ0) is 9.26. The highest BCUT2D eigenvalue weighted by molar-refractivity contribution is 7.11. The van der Waals surface area contributed by atoms with Crippen LogP contribution in [0.4, 0.5) is 0 Å². The van der Waals surface area contributed by atoms with Crippen molar-refractivity contribution in [1.29, 1.82) is 0 Å². The molecule has 72 valence electrons. The second-order valence-electron chi connectivity index (χ2n) is 3.36. The smallest absolute Gasteiger partial charge is 0.0973 e. The van der Waals surface area contributed by atoms with Gasteiger partial charge in [-0.15, -0.1) is 11.3 Å². The average molecular weight is 198 g/mol. The summed E-state index contributed by atoms with van der Waals surface area (Å²) < 4.78 is 5.65. The number of aryl methyl sites for hydroxylation is 1. The summed E-state index contributed by atoms with van der Waals surface area (Å²) in [4.78, 5) is 5.45. The van der Waals surface area contributed by atoms with Crippen molar-refractivity contribution in [3.05, 3.63) is 16.1 Å². The number of nitrogens with two attached hydrogens (primary N) is 1. The van der Waals surface area contributed by atoms with E-state index in [9.17, 15) is 0 Å². The van der Waals surface area contributed by atoms with Crippen molar-refractivity contribution in [2.45, 2.75) is 19.4 Å². The summed E-state index contributed by atoms with van der Waals surface area (Å²) >= 11 is 1.71. The first-order valence-corrected chi connectivity index (χ1v) is 5.37. The first-order chi connectivity index (χ1) is 6.31. The van der Waals surface area contributed by atoms with Crippen LogP contribution in [0.25, 0.3) is 0 Å². The Morgan fingerprint density at radius 3 is 3.23 bits per heavy atom. The van der Waals surface area contributed by atoms with E-state index < -0.39 is 0 Å².